The molecule has 3 rings (SSSR count). The van der Waals surface area contributed by atoms with E-state index < -0.39 is 5.97 Å². The molecule has 2 aromatic heterocycles. The molecule has 0 aliphatic carbocycles. The minimum atomic E-state index is -0.398. The first-order chi connectivity index (χ1) is 13.5. The van der Waals surface area contributed by atoms with Crippen LogP contribution in [0.5, 0.6) is 11.5 Å². The van der Waals surface area contributed by atoms with Gasteiger partial charge in [0.1, 0.15) is 0 Å². The number of hydrogen-bond donors (Lipinski definition) is 0. The van der Waals surface area contributed by atoms with Crippen molar-refractivity contribution in [2.75, 3.05) is 13.4 Å². The first-order valence-corrected chi connectivity index (χ1v) is 9.75. The summed E-state index contributed by atoms with van der Waals surface area (Å²) < 4.78 is 12.3. The Morgan fingerprint density at radius 2 is 2.07 bits per heavy atom. The van der Waals surface area contributed by atoms with E-state index in [-0.39, 0.29) is 12.2 Å². The predicted octanol–water partition coefficient (Wildman–Crippen LogP) is 2.88. The summed E-state index contributed by atoms with van der Waals surface area (Å²) in [5.74, 6) is 0.780. The molecule has 0 saturated carbocycles. The predicted molar refractivity (Wildman–Crippen MR) is 104 cm³/mol. The van der Waals surface area contributed by atoms with Crippen molar-refractivity contribution in [3.8, 4) is 17.6 Å². The molecule has 9 heteroatoms. The van der Waals surface area contributed by atoms with Gasteiger partial charge in [0, 0.05) is 17.5 Å². The fraction of sp³-hybridized carbons (Fsp3) is 0.316. The molecule has 0 N–H and O–H groups in total. The third kappa shape index (κ3) is 3.92. The van der Waals surface area contributed by atoms with Crippen LogP contribution in [0, 0.1) is 25.2 Å². The van der Waals surface area contributed by atoms with Crippen LogP contribution in [0.2, 0.25) is 0 Å². The lowest BCUT2D eigenvalue weighted by atomic mass is 10.1. The van der Waals surface area contributed by atoms with Gasteiger partial charge in [-0.2, -0.15) is 10.2 Å². The Morgan fingerprint density at radius 1 is 1.29 bits per heavy atom. The number of rotatable bonds is 6. The fourth-order valence-corrected chi connectivity index (χ4v) is 3.20. The van der Waals surface area contributed by atoms with Crippen molar-refractivity contribution in [3.05, 3.63) is 40.7 Å². The van der Waals surface area contributed by atoms with Gasteiger partial charge in [-0.1, -0.05) is 11.8 Å². The number of ether oxygens (including phenoxy) is 2. The lowest BCUT2D eigenvalue weighted by Gasteiger charge is -2.11. The van der Waals surface area contributed by atoms with Crippen LogP contribution in [0.15, 0.2) is 23.4 Å². The van der Waals surface area contributed by atoms with Gasteiger partial charge in [0.2, 0.25) is 5.16 Å². The van der Waals surface area contributed by atoms with E-state index in [2.05, 4.69) is 15.1 Å². The Bertz CT molecular complexity index is 1090. The van der Waals surface area contributed by atoms with Crippen LogP contribution in [-0.4, -0.2) is 38.9 Å². The van der Waals surface area contributed by atoms with Crippen molar-refractivity contribution in [1.29, 1.82) is 5.26 Å². The van der Waals surface area contributed by atoms with Gasteiger partial charge in [-0.25, -0.2) is 9.50 Å². The highest BCUT2D eigenvalue weighted by Crippen LogP contribution is 2.28. The van der Waals surface area contributed by atoms with E-state index in [4.69, 9.17) is 14.7 Å². The van der Waals surface area contributed by atoms with Gasteiger partial charge in [0.25, 0.3) is 5.78 Å². The maximum Gasteiger partial charge on any atom is 0.311 e. The Morgan fingerprint density at radius 3 is 2.75 bits per heavy atom. The molecule has 0 amide bonds. The zero-order chi connectivity index (χ0) is 20.3. The first-order valence-electron chi connectivity index (χ1n) is 8.52. The van der Waals surface area contributed by atoms with E-state index >= 15 is 0 Å². The Hall–Kier alpha value is -3.12. The number of fused-ring (bicyclic) bond motifs is 1. The summed E-state index contributed by atoms with van der Waals surface area (Å²) in [6.45, 7) is 3.83. The van der Waals surface area contributed by atoms with Crippen LogP contribution in [-0.2, 0) is 11.2 Å². The normalized spacial score (nSPS) is 10.7. The Kier molecular flexibility index (Phi) is 5.80. The van der Waals surface area contributed by atoms with Crippen molar-refractivity contribution in [3.63, 3.8) is 0 Å². The number of nitriles is 1. The van der Waals surface area contributed by atoms with Crippen LogP contribution >= 0.6 is 11.8 Å². The molecule has 0 atom stereocenters. The molecular formula is C19H19N5O3S. The molecule has 28 heavy (non-hydrogen) atoms. The van der Waals surface area contributed by atoms with E-state index in [1.54, 1.807) is 16.6 Å². The minimum Gasteiger partial charge on any atom is -0.493 e. The molecule has 3 aromatic rings. The maximum absolute atomic E-state index is 12.3. The topological polar surface area (TPSA) is 102 Å². The van der Waals surface area contributed by atoms with E-state index in [0.29, 0.717) is 28.7 Å². The molecule has 2 heterocycles. The van der Waals surface area contributed by atoms with Crippen molar-refractivity contribution >= 4 is 23.5 Å². The molecule has 0 bridgehead atoms. The fourth-order valence-electron chi connectivity index (χ4n) is 2.86. The average Bonchev–Trinajstić information content (AvgIpc) is 3.11. The van der Waals surface area contributed by atoms with E-state index in [0.717, 1.165) is 17.0 Å². The van der Waals surface area contributed by atoms with Crippen molar-refractivity contribution < 1.29 is 14.3 Å². The molecular weight excluding hydrogens is 378 g/mol. The summed E-state index contributed by atoms with van der Waals surface area (Å²) in [7, 11) is 1.46. The number of aromatic nitrogens is 4. The number of aryl methyl sites for hydroxylation is 2. The molecule has 0 aliphatic rings. The zero-order valence-electron chi connectivity index (χ0n) is 16.0. The highest BCUT2D eigenvalue weighted by atomic mass is 32.2. The van der Waals surface area contributed by atoms with Gasteiger partial charge >= 0.3 is 5.97 Å². The molecule has 0 unspecified atom stereocenters. The number of esters is 1. The quantitative estimate of drug-likeness (QED) is 0.355. The van der Waals surface area contributed by atoms with Crippen molar-refractivity contribution in [2.45, 2.75) is 31.8 Å². The number of hydrogen-bond acceptors (Lipinski definition) is 8. The van der Waals surface area contributed by atoms with E-state index in [1.165, 1.54) is 24.9 Å². The van der Waals surface area contributed by atoms with Crippen LogP contribution in [0.25, 0.3) is 5.78 Å². The molecule has 0 fully saturated rings. The summed E-state index contributed by atoms with van der Waals surface area (Å²) in [6, 6.07) is 6.68. The third-order valence-corrected chi connectivity index (χ3v) is 4.85. The molecule has 0 spiro atoms. The summed E-state index contributed by atoms with van der Waals surface area (Å²) in [5.41, 5.74) is 3.08. The lowest BCUT2D eigenvalue weighted by molar-refractivity contribution is -0.134. The second-order valence-electron chi connectivity index (χ2n) is 6.02. The number of carbonyl (C=O) groups is 1. The van der Waals surface area contributed by atoms with E-state index in [1.807, 2.05) is 26.2 Å². The summed E-state index contributed by atoms with van der Waals surface area (Å²) in [5, 5.41) is 14.0. The molecule has 0 radical (unpaired) electrons. The zero-order valence-corrected chi connectivity index (χ0v) is 16.8. The van der Waals surface area contributed by atoms with Crippen LogP contribution in [0.3, 0.4) is 0 Å². The van der Waals surface area contributed by atoms with Crippen molar-refractivity contribution in [1.82, 2.24) is 19.6 Å². The van der Waals surface area contributed by atoms with Gasteiger partial charge in [0.15, 0.2) is 11.5 Å². The highest BCUT2D eigenvalue weighted by Gasteiger charge is 2.16. The van der Waals surface area contributed by atoms with Crippen LogP contribution < -0.4 is 9.47 Å². The van der Waals surface area contributed by atoms with E-state index in [9.17, 15) is 4.79 Å². The lowest BCUT2D eigenvalue weighted by Crippen LogP contribution is -2.12. The number of carbonyl (C=O) groups excluding carboxylic acids is 1. The van der Waals surface area contributed by atoms with Crippen LogP contribution in [0.4, 0.5) is 0 Å². The average molecular weight is 397 g/mol. The molecule has 8 nitrogen and oxygen atoms in total. The monoisotopic (exact) mass is 397 g/mol. The number of methoxy groups -OCH3 is 1. The largest absolute Gasteiger partial charge is 0.493 e. The van der Waals surface area contributed by atoms with Crippen LogP contribution in [0.1, 0.15) is 28.9 Å². The smallest absolute Gasteiger partial charge is 0.311 e. The van der Waals surface area contributed by atoms with Gasteiger partial charge in [0.05, 0.1) is 25.2 Å². The summed E-state index contributed by atoms with van der Waals surface area (Å²) >= 11 is 1.45. The Labute approximate surface area is 166 Å². The first kappa shape index (κ1) is 19.6. The van der Waals surface area contributed by atoms with Gasteiger partial charge in [-0.05, 0) is 44.2 Å². The van der Waals surface area contributed by atoms with Crippen molar-refractivity contribution in [2.24, 2.45) is 0 Å². The summed E-state index contributed by atoms with van der Waals surface area (Å²) in [6.07, 6.45) is 2.54. The molecule has 144 valence electrons. The second kappa shape index (κ2) is 8.27. The molecule has 0 saturated heterocycles. The minimum absolute atomic E-state index is 0.169. The highest BCUT2D eigenvalue weighted by molar-refractivity contribution is 7.98. The van der Waals surface area contributed by atoms with Gasteiger partial charge in [-0.15, -0.1) is 5.10 Å². The maximum atomic E-state index is 12.3. The number of benzene rings is 1. The third-order valence-electron chi connectivity index (χ3n) is 4.31. The number of thioether (sulfide) groups is 1. The molecule has 0 aliphatic heterocycles. The summed E-state index contributed by atoms with van der Waals surface area (Å²) in [4.78, 5) is 21.2. The van der Waals surface area contributed by atoms with Gasteiger partial charge in [-0.3, -0.25) is 4.79 Å². The Balaban J connectivity index is 1.75. The SMILES string of the molecule is COc1cc(C#N)ccc1OC(=O)CCc1c(C)nc2nc(SC)nn2c1C. The van der Waals surface area contributed by atoms with Gasteiger partial charge < -0.3 is 9.47 Å². The standard InChI is InChI=1S/C19H19N5O3S/c1-11-14(12(2)24-18(21-11)22-19(23-24)28-4)6-8-17(25)27-15-7-5-13(10-20)9-16(15)26-3/h5,7,9H,6,8H2,1-4H3. The molecule has 1 aromatic carbocycles. The second-order valence-corrected chi connectivity index (χ2v) is 6.80. The number of nitrogens with zero attached hydrogens (tertiary/aromatic N) is 5.